The predicted molar refractivity (Wildman–Crippen MR) is 54.0 cm³/mol. The van der Waals surface area contributed by atoms with Crippen LogP contribution in [0.25, 0.3) is 0 Å². The molecule has 0 saturated heterocycles. The van der Waals surface area contributed by atoms with Crippen LogP contribution >= 0.6 is 0 Å². The van der Waals surface area contributed by atoms with Crippen LogP contribution in [0.15, 0.2) is 18.2 Å². The quantitative estimate of drug-likeness (QED) is 0.760. The van der Waals surface area contributed by atoms with E-state index < -0.39 is 5.82 Å². The van der Waals surface area contributed by atoms with E-state index in [1.165, 1.54) is 25.3 Å². The molecule has 0 bridgehead atoms. The van der Waals surface area contributed by atoms with E-state index in [2.05, 4.69) is 0 Å². The molecule has 0 amide bonds. The van der Waals surface area contributed by atoms with Crippen LogP contribution in [-0.2, 0) is 0 Å². The monoisotopic (exact) mass is 205 g/mol. The summed E-state index contributed by atoms with van der Waals surface area (Å²) >= 11 is 0. The molecule has 0 unspecified atom stereocenters. The van der Waals surface area contributed by atoms with Crippen molar-refractivity contribution in [3.63, 3.8) is 0 Å². The van der Waals surface area contributed by atoms with E-state index >= 15 is 0 Å². The molecule has 0 aliphatic heterocycles. The highest BCUT2D eigenvalue weighted by Crippen LogP contribution is 2.28. The molecule has 15 heavy (non-hydrogen) atoms. The topological polar surface area (TPSA) is 33.0 Å². The summed E-state index contributed by atoms with van der Waals surface area (Å²) in [7, 11) is 0. The maximum Gasteiger partial charge on any atom is 0.144 e. The molecule has 1 aromatic rings. The van der Waals surface area contributed by atoms with Gasteiger partial charge in [-0.25, -0.2) is 4.39 Å². The van der Waals surface area contributed by atoms with Crippen LogP contribution in [0.5, 0.6) is 5.75 Å². The van der Waals surface area contributed by atoms with Crippen LogP contribution in [0.2, 0.25) is 0 Å². The van der Waals surface area contributed by atoms with Gasteiger partial charge in [-0.05, 0) is 30.9 Å². The maximum atomic E-state index is 13.2. The number of hydrogen-bond acceptors (Lipinski definition) is 2. The molecule has 1 fully saturated rings. The summed E-state index contributed by atoms with van der Waals surface area (Å²) in [6.07, 6.45) is 3.61. The summed E-state index contributed by atoms with van der Waals surface area (Å²) < 4.78 is 18.6. The number of nitriles is 1. The Balaban J connectivity index is 2.06. The lowest BCUT2D eigenvalue weighted by molar-refractivity contribution is 0.180. The molecule has 0 atom stereocenters. The van der Waals surface area contributed by atoms with Gasteiger partial charge in [-0.1, -0.05) is 12.5 Å². The Morgan fingerprint density at radius 3 is 2.87 bits per heavy atom. The van der Waals surface area contributed by atoms with E-state index in [0.29, 0.717) is 18.3 Å². The van der Waals surface area contributed by atoms with Crippen LogP contribution < -0.4 is 4.74 Å². The zero-order valence-electron chi connectivity index (χ0n) is 8.37. The smallest absolute Gasteiger partial charge is 0.144 e. The number of hydrogen-bond donors (Lipinski definition) is 0. The van der Waals surface area contributed by atoms with Gasteiger partial charge in [-0.3, -0.25) is 0 Å². The summed E-state index contributed by atoms with van der Waals surface area (Å²) in [6, 6.07) is 6.30. The molecule has 0 spiro atoms. The van der Waals surface area contributed by atoms with Gasteiger partial charge in [0, 0.05) is 0 Å². The fraction of sp³-hybridized carbons (Fsp3) is 0.417. The Hall–Kier alpha value is -1.56. The van der Waals surface area contributed by atoms with Gasteiger partial charge in [0.15, 0.2) is 0 Å². The van der Waals surface area contributed by atoms with Crippen LogP contribution in [0.1, 0.15) is 24.8 Å². The van der Waals surface area contributed by atoms with E-state index in [0.717, 1.165) is 0 Å². The molecule has 2 nitrogen and oxygen atoms in total. The van der Waals surface area contributed by atoms with Crippen molar-refractivity contribution < 1.29 is 9.13 Å². The molecular weight excluding hydrogens is 193 g/mol. The third kappa shape index (κ3) is 2.10. The molecule has 1 aromatic carbocycles. The summed E-state index contributed by atoms with van der Waals surface area (Å²) in [5, 5.41) is 8.77. The summed E-state index contributed by atoms with van der Waals surface area (Å²) in [5.74, 6) is 0.438. The second-order valence-corrected chi connectivity index (χ2v) is 3.83. The fourth-order valence-corrected chi connectivity index (χ4v) is 1.60. The molecular formula is C12H12FNO. The Kier molecular flexibility index (Phi) is 2.86. The highest BCUT2D eigenvalue weighted by atomic mass is 19.1. The van der Waals surface area contributed by atoms with Crippen molar-refractivity contribution in [3.8, 4) is 11.8 Å². The van der Waals surface area contributed by atoms with E-state index in [9.17, 15) is 4.39 Å². The standard InChI is InChI=1S/C12H12FNO/c13-11-5-2-6-12(10(11)7-14)15-8-9-3-1-4-9/h2,5-6,9H,1,3-4,8H2. The van der Waals surface area contributed by atoms with E-state index in [1.54, 1.807) is 12.1 Å². The number of nitrogens with zero attached hydrogens (tertiary/aromatic N) is 1. The Morgan fingerprint density at radius 2 is 2.27 bits per heavy atom. The summed E-state index contributed by atoms with van der Waals surface area (Å²) in [5.41, 5.74) is 0.0109. The molecule has 1 aliphatic carbocycles. The molecule has 1 aliphatic rings. The lowest BCUT2D eigenvalue weighted by Crippen LogP contribution is -2.19. The largest absolute Gasteiger partial charge is 0.492 e. The van der Waals surface area contributed by atoms with Crippen molar-refractivity contribution in [1.82, 2.24) is 0 Å². The van der Waals surface area contributed by atoms with Gasteiger partial charge in [-0.15, -0.1) is 0 Å². The van der Waals surface area contributed by atoms with Crippen LogP contribution in [0.3, 0.4) is 0 Å². The van der Waals surface area contributed by atoms with Crippen molar-refractivity contribution in [2.24, 2.45) is 5.92 Å². The van der Waals surface area contributed by atoms with E-state index in [1.807, 2.05) is 6.07 Å². The minimum absolute atomic E-state index is 0.0109. The molecule has 0 heterocycles. The maximum absolute atomic E-state index is 13.2. The average molecular weight is 205 g/mol. The van der Waals surface area contributed by atoms with Crippen molar-refractivity contribution in [3.05, 3.63) is 29.6 Å². The minimum atomic E-state index is -0.511. The van der Waals surface area contributed by atoms with E-state index in [-0.39, 0.29) is 5.56 Å². The lowest BCUT2D eigenvalue weighted by Gasteiger charge is -2.25. The normalized spacial score (nSPS) is 15.5. The SMILES string of the molecule is N#Cc1c(F)cccc1OCC1CCC1. The van der Waals surface area contributed by atoms with Gasteiger partial charge in [0.1, 0.15) is 23.2 Å². The summed E-state index contributed by atoms with van der Waals surface area (Å²) in [4.78, 5) is 0. The molecule has 2 rings (SSSR count). The number of benzene rings is 1. The molecule has 78 valence electrons. The van der Waals surface area contributed by atoms with Gasteiger partial charge < -0.3 is 4.74 Å². The number of halogens is 1. The predicted octanol–water partition coefficient (Wildman–Crippen LogP) is 2.88. The first-order valence-electron chi connectivity index (χ1n) is 5.12. The first-order valence-corrected chi connectivity index (χ1v) is 5.12. The number of rotatable bonds is 3. The van der Waals surface area contributed by atoms with Gasteiger partial charge in [0.25, 0.3) is 0 Å². The second-order valence-electron chi connectivity index (χ2n) is 3.83. The highest BCUT2D eigenvalue weighted by molar-refractivity contribution is 5.43. The zero-order chi connectivity index (χ0) is 10.7. The Morgan fingerprint density at radius 1 is 1.47 bits per heavy atom. The second kappa shape index (κ2) is 4.31. The molecule has 3 heteroatoms. The van der Waals surface area contributed by atoms with Crippen LogP contribution in [-0.4, -0.2) is 6.61 Å². The zero-order valence-corrected chi connectivity index (χ0v) is 8.37. The number of ether oxygens (including phenoxy) is 1. The third-order valence-electron chi connectivity index (χ3n) is 2.79. The first-order chi connectivity index (χ1) is 7.31. The Bertz CT molecular complexity index is 393. The lowest BCUT2D eigenvalue weighted by atomic mass is 9.86. The van der Waals surface area contributed by atoms with E-state index in [4.69, 9.17) is 10.00 Å². The van der Waals surface area contributed by atoms with Crippen LogP contribution in [0, 0.1) is 23.1 Å². The van der Waals surface area contributed by atoms with Crippen LogP contribution in [0.4, 0.5) is 4.39 Å². The molecule has 0 N–H and O–H groups in total. The van der Waals surface area contributed by atoms with Gasteiger partial charge in [0.05, 0.1) is 6.61 Å². The molecule has 0 radical (unpaired) electrons. The van der Waals surface area contributed by atoms with Crippen molar-refractivity contribution in [2.45, 2.75) is 19.3 Å². The highest BCUT2D eigenvalue weighted by Gasteiger charge is 2.19. The summed E-state index contributed by atoms with van der Waals surface area (Å²) in [6.45, 7) is 0.595. The molecule has 1 saturated carbocycles. The Labute approximate surface area is 88.3 Å². The first kappa shape index (κ1) is 9.97. The van der Waals surface area contributed by atoms with Crippen molar-refractivity contribution in [1.29, 1.82) is 5.26 Å². The average Bonchev–Trinajstić information content (AvgIpc) is 2.15. The van der Waals surface area contributed by atoms with Crippen molar-refractivity contribution >= 4 is 0 Å². The van der Waals surface area contributed by atoms with Gasteiger partial charge in [0.2, 0.25) is 0 Å². The van der Waals surface area contributed by atoms with Crippen molar-refractivity contribution in [2.75, 3.05) is 6.61 Å². The van der Waals surface area contributed by atoms with Gasteiger partial charge >= 0.3 is 0 Å². The fourth-order valence-electron chi connectivity index (χ4n) is 1.60. The molecule has 0 aromatic heterocycles. The third-order valence-corrected chi connectivity index (χ3v) is 2.79. The minimum Gasteiger partial charge on any atom is -0.492 e. The van der Waals surface area contributed by atoms with Gasteiger partial charge in [-0.2, -0.15) is 5.26 Å².